The largest absolute Gasteiger partial charge is 0.486 e. The van der Waals surface area contributed by atoms with Gasteiger partial charge in [0.15, 0.2) is 17.0 Å². The number of nitrogens with zero attached hydrogens (tertiary/aromatic N) is 1. The summed E-state index contributed by atoms with van der Waals surface area (Å²) < 4.78 is 11.2. The maximum absolute atomic E-state index is 13.9. The van der Waals surface area contributed by atoms with Crippen LogP contribution in [0.5, 0.6) is 11.5 Å². The average molecular weight is 500 g/mol. The number of carbonyl (C=O) groups is 3. The molecular formula is C29H29N3O5. The molecule has 2 aliphatic rings. The Kier molecular flexibility index (Phi) is 6.33. The fraction of sp³-hybridized carbons (Fsp3) is 0.276. The summed E-state index contributed by atoms with van der Waals surface area (Å²) in [5, 5.41) is 5.78. The molecule has 0 radical (unpaired) electrons. The molecule has 2 unspecified atom stereocenters. The Morgan fingerprint density at radius 3 is 2.41 bits per heavy atom. The van der Waals surface area contributed by atoms with E-state index in [-0.39, 0.29) is 6.04 Å². The number of carbonyl (C=O) groups excluding carboxylic acids is 3. The molecule has 0 aromatic heterocycles. The van der Waals surface area contributed by atoms with Crippen molar-refractivity contribution < 1.29 is 23.9 Å². The first-order chi connectivity index (χ1) is 17.8. The predicted octanol–water partition coefficient (Wildman–Crippen LogP) is 3.75. The Hall–Kier alpha value is -4.33. The van der Waals surface area contributed by atoms with E-state index in [2.05, 4.69) is 10.6 Å². The van der Waals surface area contributed by atoms with Crippen LogP contribution in [-0.2, 0) is 15.1 Å². The van der Waals surface area contributed by atoms with Gasteiger partial charge in [-0.15, -0.1) is 0 Å². The average Bonchev–Trinajstić information content (AvgIpc) is 3.16. The molecule has 5 rings (SSSR count). The zero-order chi connectivity index (χ0) is 26.2. The minimum Gasteiger partial charge on any atom is -0.486 e. The molecule has 0 saturated carbocycles. The first-order valence-electron chi connectivity index (χ1n) is 12.3. The number of imide groups is 1. The summed E-state index contributed by atoms with van der Waals surface area (Å²) in [4.78, 5) is 41.0. The SMILES string of the molecule is Cc1ccc(C2(c3ccccc3)NC(=O)N(CC(=O)NC(C)c3ccc4c(c3)OCCO4)C2=O)cc1C. The monoisotopic (exact) mass is 499 g/mol. The van der Waals surface area contributed by atoms with E-state index in [1.807, 2.05) is 75.4 Å². The Bertz CT molecular complexity index is 1370. The summed E-state index contributed by atoms with van der Waals surface area (Å²) in [6.07, 6.45) is 0. The van der Waals surface area contributed by atoms with Crippen LogP contribution < -0.4 is 20.1 Å². The normalized spacial score (nSPS) is 19.4. The van der Waals surface area contributed by atoms with E-state index in [1.54, 1.807) is 12.1 Å². The van der Waals surface area contributed by atoms with Crippen LogP contribution in [0.3, 0.4) is 0 Å². The van der Waals surface area contributed by atoms with Crippen molar-refractivity contribution >= 4 is 17.8 Å². The second-order valence-electron chi connectivity index (χ2n) is 9.43. The summed E-state index contributed by atoms with van der Waals surface area (Å²) in [6, 6.07) is 19.3. The van der Waals surface area contributed by atoms with Gasteiger partial charge in [-0.25, -0.2) is 4.79 Å². The van der Waals surface area contributed by atoms with Crippen LogP contribution in [0.25, 0.3) is 0 Å². The zero-order valence-corrected chi connectivity index (χ0v) is 21.0. The molecule has 1 saturated heterocycles. The molecule has 8 heteroatoms. The lowest BCUT2D eigenvalue weighted by molar-refractivity contribution is -0.134. The molecule has 2 N–H and O–H groups in total. The lowest BCUT2D eigenvalue weighted by Gasteiger charge is -2.28. The molecule has 8 nitrogen and oxygen atoms in total. The van der Waals surface area contributed by atoms with E-state index in [1.165, 1.54) is 0 Å². The minimum atomic E-state index is -1.42. The number of hydrogen-bond donors (Lipinski definition) is 2. The van der Waals surface area contributed by atoms with Crippen molar-refractivity contribution in [1.29, 1.82) is 0 Å². The number of benzene rings is 3. The van der Waals surface area contributed by atoms with Crippen LogP contribution in [0.15, 0.2) is 66.7 Å². The van der Waals surface area contributed by atoms with Crippen molar-refractivity contribution in [2.75, 3.05) is 19.8 Å². The number of fused-ring (bicyclic) bond motifs is 1. The Balaban J connectivity index is 1.38. The molecule has 4 amide bonds. The topological polar surface area (TPSA) is 97.0 Å². The molecule has 3 aromatic rings. The lowest BCUT2D eigenvalue weighted by atomic mass is 9.81. The van der Waals surface area contributed by atoms with Crippen molar-refractivity contribution in [2.24, 2.45) is 0 Å². The smallest absolute Gasteiger partial charge is 0.326 e. The van der Waals surface area contributed by atoms with Crippen molar-refractivity contribution in [3.05, 3.63) is 94.5 Å². The van der Waals surface area contributed by atoms with Crippen LogP contribution in [0.4, 0.5) is 4.79 Å². The number of urea groups is 1. The zero-order valence-electron chi connectivity index (χ0n) is 21.0. The predicted molar refractivity (Wildman–Crippen MR) is 137 cm³/mol. The highest BCUT2D eigenvalue weighted by molar-refractivity contribution is 6.11. The van der Waals surface area contributed by atoms with Crippen LogP contribution >= 0.6 is 0 Å². The molecule has 190 valence electrons. The molecule has 0 bridgehead atoms. The second kappa shape index (κ2) is 9.61. The van der Waals surface area contributed by atoms with Gasteiger partial charge in [0.25, 0.3) is 5.91 Å². The van der Waals surface area contributed by atoms with Gasteiger partial charge >= 0.3 is 6.03 Å². The van der Waals surface area contributed by atoms with E-state index in [0.717, 1.165) is 21.6 Å². The third-order valence-corrected chi connectivity index (χ3v) is 7.00. The number of amides is 4. The number of rotatable bonds is 6. The summed E-state index contributed by atoms with van der Waals surface area (Å²) in [5.41, 5.74) is 2.76. The van der Waals surface area contributed by atoms with Gasteiger partial charge in [0.05, 0.1) is 6.04 Å². The van der Waals surface area contributed by atoms with E-state index < -0.39 is 29.9 Å². The molecule has 2 atom stereocenters. The van der Waals surface area contributed by atoms with E-state index >= 15 is 0 Å². The highest BCUT2D eigenvalue weighted by Crippen LogP contribution is 2.37. The summed E-state index contributed by atoms with van der Waals surface area (Å²) in [7, 11) is 0. The summed E-state index contributed by atoms with van der Waals surface area (Å²) in [5.74, 6) is 0.348. The van der Waals surface area contributed by atoms with Gasteiger partial charge in [-0.2, -0.15) is 0 Å². The van der Waals surface area contributed by atoms with Crippen molar-refractivity contribution in [1.82, 2.24) is 15.5 Å². The second-order valence-corrected chi connectivity index (χ2v) is 9.43. The van der Waals surface area contributed by atoms with E-state index in [0.29, 0.717) is 35.8 Å². The Labute approximate surface area is 215 Å². The minimum absolute atomic E-state index is 0.372. The molecular weight excluding hydrogens is 470 g/mol. The van der Waals surface area contributed by atoms with Crippen LogP contribution in [-0.4, -0.2) is 42.5 Å². The summed E-state index contributed by atoms with van der Waals surface area (Å²) in [6.45, 7) is 6.34. The Morgan fingerprint density at radius 2 is 1.68 bits per heavy atom. The van der Waals surface area contributed by atoms with Gasteiger partial charge in [-0.3, -0.25) is 14.5 Å². The van der Waals surface area contributed by atoms with Gasteiger partial charge in [0.1, 0.15) is 19.8 Å². The van der Waals surface area contributed by atoms with E-state index in [4.69, 9.17) is 9.47 Å². The summed E-state index contributed by atoms with van der Waals surface area (Å²) >= 11 is 0. The number of nitrogens with one attached hydrogen (secondary N) is 2. The lowest BCUT2D eigenvalue weighted by Crippen LogP contribution is -2.46. The fourth-order valence-electron chi connectivity index (χ4n) is 4.78. The number of hydrogen-bond acceptors (Lipinski definition) is 5. The van der Waals surface area contributed by atoms with Crippen LogP contribution in [0.2, 0.25) is 0 Å². The molecule has 2 heterocycles. The maximum atomic E-state index is 13.9. The first-order valence-corrected chi connectivity index (χ1v) is 12.3. The third-order valence-electron chi connectivity index (χ3n) is 7.00. The van der Waals surface area contributed by atoms with Crippen molar-refractivity contribution in [3.8, 4) is 11.5 Å². The molecule has 37 heavy (non-hydrogen) atoms. The third kappa shape index (κ3) is 4.39. The molecule has 0 aliphatic carbocycles. The van der Waals surface area contributed by atoms with Gasteiger partial charge in [-0.1, -0.05) is 54.6 Å². The maximum Gasteiger partial charge on any atom is 0.326 e. The van der Waals surface area contributed by atoms with Crippen LogP contribution in [0, 0.1) is 13.8 Å². The fourth-order valence-corrected chi connectivity index (χ4v) is 4.78. The molecule has 1 fully saturated rings. The van der Waals surface area contributed by atoms with E-state index in [9.17, 15) is 14.4 Å². The number of ether oxygens (including phenoxy) is 2. The van der Waals surface area contributed by atoms with Crippen molar-refractivity contribution in [2.45, 2.75) is 32.4 Å². The molecule has 0 spiro atoms. The Morgan fingerprint density at radius 1 is 0.946 bits per heavy atom. The van der Waals surface area contributed by atoms with Crippen LogP contribution in [0.1, 0.15) is 40.8 Å². The molecule has 3 aromatic carbocycles. The standard InChI is InChI=1S/C29H29N3O5/c1-18-9-11-23(15-19(18)2)29(22-7-5-4-6-8-22)27(34)32(28(35)31-29)17-26(33)30-20(3)21-10-12-24-25(16-21)37-14-13-36-24/h4-12,15-16,20H,13-14,17H2,1-3H3,(H,30,33)(H,31,35). The highest BCUT2D eigenvalue weighted by Gasteiger charge is 2.54. The molecule has 2 aliphatic heterocycles. The number of aryl methyl sites for hydroxylation is 2. The van der Waals surface area contributed by atoms with Gasteiger partial charge in [0.2, 0.25) is 5.91 Å². The highest BCUT2D eigenvalue weighted by atomic mass is 16.6. The van der Waals surface area contributed by atoms with Gasteiger partial charge in [0, 0.05) is 0 Å². The quantitative estimate of drug-likeness (QED) is 0.504. The van der Waals surface area contributed by atoms with Gasteiger partial charge < -0.3 is 20.1 Å². The van der Waals surface area contributed by atoms with Crippen molar-refractivity contribution in [3.63, 3.8) is 0 Å². The van der Waals surface area contributed by atoms with Gasteiger partial charge in [-0.05, 0) is 60.7 Å². The first kappa shape index (κ1) is 24.4.